The molecule has 0 radical (unpaired) electrons. The Morgan fingerprint density at radius 1 is 0.800 bits per heavy atom. The molecule has 2 atom stereocenters. The zero-order valence-corrected chi connectivity index (χ0v) is 19.6. The second-order valence-corrected chi connectivity index (χ2v) is 8.33. The van der Waals surface area contributed by atoms with Gasteiger partial charge in [0, 0.05) is 11.1 Å². The molecule has 35 heavy (non-hydrogen) atoms. The summed E-state index contributed by atoms with van der Waals surface area (Å²) in [5.41, 5.74) is 1.25. The molecular formula is C28H27N3O4. The summed E-state index contributed by atoms with van der Waals surface area (Å²) in [6, 6.07) is 22.5. The lowest BCUT2D eigenvalue weighted by Crippen LogP contribution is -2.47. The van der Waals surface area contributed by atoms with E-state index in [-0.39, 0.29) is 23.1 Å². The molecule has 0 fully saturated rings. The summed E-state index contributed by atoms with van der Waals surface area (Å²) >= 11 is 0. The Labute approximate surface area is 203 Å². The molecule has 7 heteroatoms. The number of rotatable bonds is 8. The average molecular weight is 470 g/mol. The maximum absolute atomic E-state index is 13.3. The fraction of sp³-hybridized carbons (Fsp3) is 0.179. The maximum atomic E-state index is 13.3. The lowest BCUT2D eigenvalue weighted by atomic mass is 9.97. The molecule has 1 heterocycles. The van der Waals surface area contributed by atoms with E-state index < -0.39 is 17.9 Å². The van der Waals surface area contributed by atoms with Gasteiger partial charge in [0.2, 0.25) is 5.91 Å². The molecule has 0 aliphatic heterocycles. The highest BCUT2D eigenvalue weighted by Crippen LogP contribution is 2.24. The second kappa shape index (κ2) is 10.7. The van der Waals surface area contributed by atoms with Crippen molar-refractivity contribution in [2.24, 2.45) is 5.92 Å². The van der Waals surface area contributed by atoms with E-state index in [0.717, 1.165) is 10.8 Å². The number of anilines is 2. The van der Waals surface area contributed by atoms with E-state index >= 15 is 0 Å². The van der Waals surface area contributed by atoms with Crippen LogP contribution in [0.1, 0.15) is 41.2 Å². The van der Waals surface area contributed by atoms with Crippen molar-refractivity contribution in [3.63, 3.8) is 0 Å². The fourth-order valence-corrected chi connectivity index (χ4v) is 3.85. The zero-order valence-electron chi connectivity index (χ0n) is 19.6. The molecular weight excluding hydrogens is 442 g/mol. The summed E-state index contributed by atoms with van der Waals surface area (Å²) in [7, 11) is 0. The standard InChI is InChI=1S/C28H27N3O4/c1-3-18(2)25(28(34)30-22-15-8-11-19-10-4-5-12-20(19)22)31-26(32)21-13-6-7-14-23(21)29-27(33)24-16-9-17-35-24/h4-18,25H,3H2,1-2H3,(H,29,33)(H,30,34)(H,31,32)/t18-,25+/m1/s1. The summed E-state index contributed by atoms with van der Waals surface area (Å²) in [6.07, 6.45) is 2.09. The van der Waals surface area contributed by atoms with Crippen LogP contribution in [0.3, 0.4) is 0 Å². The highest BCUT2D eigenvalue weighted by Gasteiger charge is 2.28. The first-order valence-corrected chi connectivity index (χ1v) is 11.5. The summed E-state index contributed by atoms with van der Waals surface area (Å²) in [5.74, 6) is -1.23. The number of fused-ring (bicyclic) bond motifs is 1. The number of benzene rings is 3. The highest BCUT2D eigenvalue weighted by atomic mass is 16.3. The van der Waals surface area contributed by atoms with Gasteiger partial charge in [-0.05, 0) is 41.6 Å². The van der Waals surface area contributed by atoms with Crippen LogP contribution in [-0.4, -0.2) is 23.8 Å². The van der Waals surface area contributed by atoms with Gasteiger partial charge in [0.25, 0.3) is 11.8 Å². The van der Waals surface area contributed by atoms with Gasteiger partial charge in [0.05, 0.1) is 17.5 Å². The van der Waals surface area contributed by atoms with Gasteiger partial charge in [-0.3, -0.25) is 14.4 Å². The normalized spacial score (nSPS) is 12.5. The number of para-hydroxylation sites is 1. The van der Waals surface area contributed by atoms with Crippen molar-refractivity contribution in [2.75, 3.05) is 10.6 Å². The fourth-order valence-electron chi connectivity index (χ4n) is 3.85. The number of nitrogens with one attached hydrogen (secondary N) is 3. The molecule has 0 unspecified atom stereocenters. The molecule has 4 rings (SSSR count). The Morgan fingerprint density at radius 2 is 1.51 bits per heavy atom. The van der Waals surface area contributed by atoms with Crippen molar-refractivity contribution in [3.8, 4) is 0 Å². The number of hydrogen-bond donors (Lipinski definition) is 3. The largest absolute Gasteiger partial charge is 0.459 e. The topological polar surface area (TPSA) is 100 Å². The van der Waals surface area contributed by atoms with E-state index in [1.165, 1.54) is 12.3 Å². The van der Waals surface area contributed by atoms with Crippen LogP contribution < -0.4 is 16.0 Å². The van der Waals surface area contributed by atoms with Gasteiger partial charge in [0.1, 0.15) is 6.04 Å². The monoisotopic (exact) mass is 469 g/mol. The number of carbonyl (C=O) groups is 3. The summed E-state index contributed by atoms with van der Waals surface area (Å²) in [5, 5.41) is 10.5. The summed E-state index contributed by atoms with van der Waals surface area (Å²) in [6.45, 7) is 3.88. The molecule has 3 amide bonds. The minimum absolute atomic E-state index is 0.126. The lowest BCUT2D eigenvalue weighted by Gasteiger charge is -2.24. The van der Waals surface area contributed by atoms with Crippen LogP contribution >= 0.6 is 0 Å². The Morgan fingerprint density at radius 3 is 2.29 bits per heavy atom. The second-order valence-electron chi connectivity index (χ2n) is 8.33. The van der Waals surface area contributed by atoms with Crippen molar-refractivity contribution < 1.29 is 18.8 Å². The van der Waals surface area contributed by atoms with Crippen molar-refractivity contribution >= 4 is 39.9 Å². The zero-order chi connectivity index (χ0) is 24.8. The first kappa shape index (κ1) is 23.8. The molecule has 178 valence electrons. The van der Waals surface area contributed by atoms with Crippen LogP contribution in [0.15, 0.2) is 89.5 Å². The molecule has 0 aliphatic rings. The maximum Gasteiger partial charge on any atom is 0.291 e. The van der Waals surface area contributed by atoms with Gasteiger partial charge < -0.3 is 20.4 Å². The van der Waals surface area contributed by atoms with Gasteiger partial charge in [-0.15, -0.1) is 0 Å². The van der Waals surface area contributed by atoms with Gasteiger partial charge >= 0.3 is 0 Å². The molecule has 0 saturated heterocycles. The molecule has 0 bridgehead atoms. The van der Waals surface area contributed by atoms with Crippen LogP contribution in [0.5, 0.6) is 0 Å². The minimum Gasteiger partial charge on any atom is -0.459 e. The Bertz CT molecular complexity index is 1340. The van der Waals surface area contributed by atoms with Crippen molar-refractivity contribution in [1.29, 1.82) is 0 Å². The van der Waals surface area contributed by atoms with Gasteiger partial charge in [-0.25, -0.2) is 0 Å². The highest BCUT2D eigenvalue weighted by molar-refractivity contribution is 6.10. The van der Waals surface area contributed by atoms with Crippen LogP contribution in [0.4, 0.5) is 11.4 Å². The van der Waals surface area contributed by atoms with Crippen molar-refractivity contribution in [3.05, 3.63) is 96.4 Å². The van der Waals surface area contributed by atoms with E-state index in [4.69, 9.17) is 4.42 Å². The summed E-state index contributed by atoms with van der Waals surface area (Å²) in [4.78, 5) is 39.0. The van der Waals surface area contributed by atoms with E-state index in [1.54, 1.807) is 30.3 Å². The first-order chi connectivity index (χ1) is 17.0. The number of hydrogen-bond acceptors (Lipinski definition) is 4. The molecule has 4 aromatic rings. The van der Waals surface area contributed by atoms with E-state index in [0.29, 0.717) is 17.8 Å². The first-order valence-electron chi connectivity index (χ1n) is 11.5. The predicted molar refractivity (Wildman–Crippen MR) is 136 cm³/mol. The van der Waals surface area contributed by atoms with Crippen molar-refractivity contribution in [2.45, 2.75) is 26.3 Å². The third-order valence-electron chi connectivity index (χ3n) is 5.99. The van der Waals surface area contributed by atoms with Crippen LogP contribution in [0.25, 0.3) is 10.8 Å². The van der Waals surface area contributed by atoms with Gasteiger partial charge in [-0.2, -0.15) is 0 Å². The molecule has 7 nitrogen and oxygen atoms in total. The minimum atomic E-state index is -0.778. The molecule has 1 aromatic heterocycles. The third kappa shape index (κ3) is 5.41. The van der Waals surface area contributed by atoms with E-state index in [9.17, 15) is 14.4 Å². The van der Waals surface area contributed by atoms with Crippen LogP contribution in [0.2, 0.25) is 0 Å². The quantitative estimate of drug-likeness (QED) is 0.319. The molecule has 0 saturated carbocycles. The van der Waals surface area contributed by atoms with Crippen LogP contribution in [0, 0.1) is 5.92 Å². The number of amides is 3. The predicted octanol–water partition coefficient (Wildman–Crippen LogP) is 5.47. The Kier molecular flexibility index (Phi) is 7.26. The van der Waals surface area contributed by atoms with Crippen LogP contribution in [-0.2, 0) is 4.79 Å². The van der Waals surface area contributed by atoms with E-state index in [1.807, 2.05) is 56.3 Å². The van der Waals surface area contributed by atoms with Gasteiger partial charge in [-0.1, -0.05) is 68.8 Å². The van der Waals surface area contributed by atoms with Crippen molar-refractivity contribution in [1.82, 2.24) is 5.32 Å². The smallest absolute Gasteiger partial charge is 0.291 e. The van der Waals surface area contributed by atoms with E-state index in [2.05, 4.69) is 16.0 Å². The van der Waals surface area contributed by atoms with Gasteiger partial charge in [0.15, 0.2) is 5.76 Å². The number of furan rings is 1. The lowest BCUT2D eigenvalue weighted by molar-refractivity contribution is -0.119. The average Bonchev–Trinajstić information content (AvgIpc) is 3.42. The number of carbonyl (C=O) groups excluding carboxylic acids is 3. The third-order valence-corrected chi connectivity index (χ3v) is 5.99. The molecule has 3 N–H and O–H groups in total. The molecule has 0 spiro atoms. The molecule has 0 aliphatic carbocycles. The Balaban J connectivity index is 1.55. The summed E-state index contributed by atoms with van der Waals surface area (Å²) < 4.78 is 5.13. The SMILES string of the molecule is CC[C@@H](C)[C@H](NC(=O)c1ccccc1NC(=O)c1ccco1)C(=O)Nc1cccc2ccccc12. The molecule has 3 aromatic carbocycles. The Hall–Kier alpha value is -4.39.